The summed E-state index contributed by atoms with van der Waals surface area (Å²) >= 11 is 0. The summed E-state index contributed by atoms with van der Waals surface area (Å²) in [6, 6.07) is 1.28. The third kappa shape index (κ3) is 5.86. The maximum atomic E-state index is 3.67. The van der Waals surface area contributed by atoms with Crippen molar-refractivity contribution >= 4 is 0 Å². The predicted octanol–water partition coefficient (Wildman–Crippen LogP) is 3.13. The van der Waals surface area contributed by atoms with E-state index in [-0.39, 0.29) is 0 Å². The molecular weight excluding hydrogens is 196 g/mol. The Morgan fingerprint density at radius 2 is 1.69 bits per heavy atom. The van der Waals surface area contributed by atoms with Gasteiger partial charge in [-0.3, -0.25) is 4.90 Å². The highest BCUT2D eigenvalue weighted by Crippen LogP contribution is 2.10. The van der Waals surface area contributed by atoms with E-state index in [1.165, 1.54) is 19.4 Å². The number of rotatable bonds is 9. The molecule has 0 aromatic carbocycles. The first-order valence-electron chi connectivity index (χ1n) is 7.04. The lowest BCUT2D eigenvalue weighted by atomic mass is 10.0. The van der Waals surface area contributed by atoms with E-state index in [9.17, 15) is 0 Å². The third-order valence-corrected chi connectivity index (χ3v) is 3.26. The van der Waals surface area contributed by atoms with Crippen molar-refractivity contribution in [1.82, 2.24) is 10.2 Å². The van der Waals surface area contributed by atoms with Crippen molar-refractivity contribution in [2.75, 3.05) is 19.6 Å². The number of hydrogen-bond acceptors (Lipinski definition) is 2. The molecule has 16 heavy (non-hydrogen) atoms. The molecule has 0 amide bonds. The number of nitrogens with one attached hydrogen (secondary N) is 1. The fourth-order valence-corrected chi connectivity index (χ4v) is 2.29. The lowest BCUT2D eigenvalue weighted by molar-refractivity contribution is 0.157. The van der Waals surface area contributed by atoms with Gasteiger partial charge in [-0.25, -0.2) is 0 Å². The Kier molecular flexibility index (Phi) is 8.96. The lowest BCUT2D eigenvalue weighted by Gasteiger charge is -2.35. The first-order chi connectivity index (χ1) is 7.56. The minimum absolute atomic E-state index is 0.638. The molecule has 98 valence electrons. The standard InChI is InChI=1S/C14H32N2/c1-7-10-15-14(8-2)13(6)16(9-3)11-12(4)5/h12-15H,7-11H2,1-6H3. The van der Waals surface area contributed by atoms with E-state index in [0.717, 1.165) is 19.0 Å². The van der Waals surface area contributed by atoms with Gasteiger partial charge in [0.25, 0.3) is 0 Å². The number of likely N-dealkylation sites (N-methyl/N-ethyl adjacent to an activating group) is 1. The normalized spacial score (nSPS) is 15.8. The summed E-state index contributed by atoms with van der Waals surface area (Å²) in [5, 5.41) is 3.67. The molecule has 0 aliphatic rings. The Bertz CT molecular complexity index is 157. The molecular formula is C14H32N2. The van der Waals surface area contributed by atoms with Gasteiger partial charge in [0.2, 0.25) is 0 Å². The summed E-state index contributed by atoms with van der Waals surface area (Å²) in [4.78, 5) is 2.60. The van der Waals surface area contributed by atoms with Crippen LogP contribution in [0.4, 0.5) is 0 Å². The first-order valence-corrected chi connectivity index (χ1v) is 7.04. The Hall–Kier alpha value is -0.0800. The summed E-state index contributed by atoms with van der Waals surface area (Å²) in [5.74, 6) is 0.756. The molecule has 0 fully saturated rings. The fourth-order valence-electron chi connectivity index (χ4n) is 2.29. The van der Waals surface area contributed by atoms with Crippen LogP contribution in [0.25, 0.3) is 0 Å². The van der Waals surface area contributed by atoms with Crippen LogP contribution in [-0.2, 0) is 0 Å². The molecule has 0 heterocycles. The van der Waals surface area contributed by atoms with Crippen LogP contribution in [0, 0.1) is 5.92 Å². The molecule has 2 nitrogen and oxygen atoms in total. The summed E-state index contributed by atoms with van der Waals surface area (Å²) in [5.41, 5.74) is 0. The maximum Gasteiger partial charge on any atom is 0.0220 e. The Morgan fingerprint density at radius 1 is 1.06 bits per heavy atom. The average Bonchev–Trinajstić information content (AvgIpc) is 2.26. The molecule has 2 unspecified atom stereocenters. The highest BCUT2D eigenvalue weighted by Gasteiger charge is 2.20. The van der Waals surface area contributed by atoms with E-state index in [1.54, 1.807) is 0 Å². The van der Waals surface area contributed by atoms with E-state index in [0.29, 0.717) is 12.1 Å². The number of nitrogens with zero attached hydrogens (tertiary/aromatic N) is 1. The molecule has 0 saturated carbocycles. The molecule has 1 N–H and O–H groups in total. The molecule has 0 aliphatic heterocycles. The lowest BCUT2D eigenvalue weighted by Crippen LogP contribution is -2.49. The van der Waals surface area contributed by atoms with Crippen LogP contribution >= 0.6 is 0 Å². The van der Waals surface area contributed by atoms with Crippen molar-refractivity contribution in [3.63, 3.8) is 0 Å². The maximum absolute atomic E-state index is 3.67. The Morgan fingerprint density at radius 3 is 2.06 bits per heavy atom. The Balaban J connectivity index is 4.25. The topological polar surface area (TPSA) is 15.3 Å². The zero-order chi connectivity index (χ0) is 12.6. The van der Waals surface area contributed by atoms with Gasteiger partial charge >= 0.3 is 0 Å². The molecule has 0 spiro atoms. The minimum atomic E-state index is 0.638. The molecule has 2 heteroatoms. The van der Waals surface area contributed by atoms with E-state index < -0.39 is 0 Å². The van der Waals surface area contributed by atoms with E-state index >= 15 is 0 Å². The van der Waals surface area contributed by atoms with Gasteiger partial charge in [-0.15, -0.1) is 0 Å². The smallest absolute Gasteiger partial charge is 0.0220 e. The molecule has 0 rings (SSSR count). The van der Waals surface area contributed by atoms with Gasteiger partial charge < -0.3 is 5.32 Å². The monoisotopic (exact) mass is 228 g/mol. The van der Waals surface area contributed by atoms with Crippen LogP contribution in [-0.4, -0.2) is 36.6 Å². The molecule has 0 bridgehead atoms. The third-order valence-electron chi connectivity index (χ3n) is 3.26. The van der Waals surface area contributed by atoms with Crippen molar-refractivity contribution in [2.45, 2.75) is 66.5 Å². The molecule has 0 saturated heterocycles. The van der Waals surface area contributed by atoms with Crippen LogP contribution in [0.3, 0.4) is 0 Å². The quantitative estimate of drug-likeness (QED) is 0.652. The summed E-state index contributed by atoms with van der Waals surface area (Å²) in [7, 11) is 0. The van der Waals surface area contributed by atoms with Crippen molar-refractivity contribution in [1.29, 1.82) is 0 Å². The zero-order valence-corrected chi connectivity index (χ0v) is 12.2. The van der Waals surface area contributed by atoms with Gasteiger partial charge in [0, 0.05) is 18.6 Å². The van der Waals surface area contributed by atoms with Crippen LogP contribution in [0.5, 0.6) is 0 Å². The van der Waals surface area contributed by atoms with Crippen molar-refractivity contribution in [3.8, 4) is 0 Å². The summed E-state index contributed by atoms with van der Waals surface area (Å²) in [6.07, 6.45) is 2.44. The van der Waals surface area contributed by atoms with Gasteiger partial charge in [-0.2, -0.15) is 0 Å². The van der Waals surface area contributed by atoms with Crippen LogP contribution in [0.2, 0.25) is 0 Å². The SMILES string of the molecule is CCCNC(CC)C(C)N(CC)CC(C)C. The predicted molar refractivity (Wildman–Crippen MR) is 73.9 cm³/mol. The van der Waals surface area contributed by atoms with Crippen molar-refractivity contribution in [2.24, 2.45) is 5.92 Å². The minimum Gasteiger partial charge on any atom is -0.312 e. The van der Waals surface area contributed by atoms with Crippen LogP contribution < -0.4 is 5.32 Å². The Labute approximate surface area is 103 Å². The van der Waals surface area contributed by atoms with Gasteiger partial charge in [0.1, 0.15) is 0 Å². The largest absolute Gasteiger partial charge is 0.312 e. The summed E-state index contributed by atoms with van der Waals surface area (Å²) in [6.45, 7) is 17.3. The molecule has 2 atom stereocenters. The molecule has 0 aromatic heterocycles. The fraction of sp³-hybridized carbons (Fsp3) is 1.00. The van der Waals surface area contributed by atoms with Crippen molar-refractivity contribution in [3.05, 3.63) is 0 Å². The van der Waals surface area contributed by atoms with Gasteiger partial charge in [0.15, 0.2) is 0 Å². The molecule has 0 aromatic rings. The van der Waals surface area contributed by atoms with E-state index in [4.69, 9.17) is 0 Å². The zero-order valence-electron chi connectivity index (χ0n) is 12.2. The van der Waals surface area contributed by atoms with Gasteiger partial charge in [-0.1, -0.05) is 34.6 Å². The van der Waals surface area contributed by atoms with E-state index in [1.807, 2.05) is 0 Å². The second-order valence-electron chi connectivity index (χ2n) is 5.19. The number of hydrogen-bond donors (Lipinski definition) is 1. The van der Waals surface area contributed by atoms with Gasteiger partial charge in [-0.05, 0) is 38.8 Å². The van der Waals surface area contributed by atoms with E-state index in [2.05, 4.69) is 51.8 Å². The molecule has 0 aliphatic carbocycles. The second kappa shape index (κ2) is 9.00. The van der Waals surface area contributed by atoms with Crippen LogP contribution in [0.1, 0.15) is 54.4 Å². The second-order valence-corrected chi connectivity index (χ2v) is 5.19. The summed E-state index contributed by atoms with van der Waals surface area (Å²) < 4.78 is 0. The van der Waals surface area contributed by atoms with Gasteiger partial charge in [0.05, 0.1) is 0 Å². The highest BCUT2D eigenvalue weighted by molar-refractivity contribution is 4.80. The van der Waals surface area contributed by atoms with Crippen LogP contribution in [0.15, 0.2) is 0 Å². The van der Waals surface area contributed by atoms with Crippen molar-refractivity contribution < 1.29 is 0 Å². The highest BCUT2D eigenvalue weighted by atomic mass is 15.2. The molecule has 0 radical (unpaired) electrons. The average molecular weight is 228 g/mol. The first kappa shape index (κ1) is 15.9.